The van der Waals surface area contributed by atoms with Crippen LogP contribution in [0.4, 0.5) is 5.82 Å². The molecular weight excluding hydrogens is 498 g/mol. The number of aliphatic hydroxyl groups is 1. The number of aryl methyl sites for hydroxylation is 1. The van der Waals surface area contributed by atoms with Crippen molar-refractivity contribution in [3.63, 3.8) is 0 Å². The van der Waals surface area contributed by atoms with Gasteiger partial charge in [0.2, 0.25) is 5.82 Å². The number of ketones is 1. The van der Waals surface area contributed by atoms with Crippen LogP contribution < -0.4 is 5.73 Å². The van der Waals surface area contributed by atoms with Crippen molar-refractivity contribution in [2.75, 3.05) is 5.73 Å². The molecule has 1 amide bonds. The molecule has 2 unspecified atom stereocenters. The molecule has 6 rings (SSSR count). The van der Waals surface area contributed by atoms with E-state index < -0.39 is 5.60 Å². The minimum Gasteiger partial charge on any atom is -0.384 e. The van der Waals surface area contributed by atoms with E-state index in [9.17, 15) is 14.7 Å². The fourth-order valence-corrected chi connectivity index (χ4v) is 6.42. The molecule has 3 atom stereocenters. The monoisotopic (exact) mass is 529 g/mol. The lowest BCUT2D eigenvalue weighted by Crippen LogP contribution is -2.46. The van der Waals surface area contributed by atoms with Gasteiger partial charge in [0.05, 0.1) is 23.1 Å². The number of hydrogen-bond acceptors (Lipinski definition) is 9. The summed E-state index contributed by atoms with van der Waals surface area (Å²) in [7, 11) is 0. The minimum atomic E-state index is -1.07. The summed E-state index contributed by atoms with van der Waals surface area (Å²) >= 11 is 0. The lowest BCUT2D eigenvalue weighted by molar-refractivity contribution is 0.0556. The molecule has 6 heterocycles. The molecule has 12 nitrogen and oxygen atoms in total. The average molecular weight is 530 g/mol. The SMILES string of the molecule is CC(=O)c1c(C2CC3CC[C@@H](C2)N3C(=O)c2nnc[nH]2)nc2c(-c3cnc(C(C)(C)O)c(C)c3)cnn2c1N. The van der Waals surface area contributed by atoms with Crippen molar-refractivity contribution in [2.45, 2.75) is 77.0 Å². The molecular formula is C27H31N9O3. The van der Waals surface area contributed by atoms with E-state index in [2.05, 4.69) is 25.3 Å². The first-order valence-corrected chi connectivity index (χ1v) is 13.1. The van der Waals surface area contributed by atoms with Crippen molar-refractivity contribution >= 4 is 23.2 Å². The van der Waals surface area contributed by atoms with Gasteiger partial charge in [-0.15, -0.1) is 10.2 Å². The minimum absolute atomic E-state index is 0.0102. The number of carbonyl (C=O) groups is 2. The highest BCUT2D eigenvalue weighted by Gasteiger charge is 2.45. The molecule has 12 heteroatoms. The average Bonchev–Trinajstić information content (AvgIpc) is 3.61. The fourth-order valence-electron chi connectivity index (χ4n) is 6.42. The van der Waals surface area contributed by atoms with Crippen LogP contribution in [-0.2, 0) is 5.60 Å². The third-order valence-corrected chi connectivity index (χ3v) is 8.01. The molecule has 2 aliphatic heterocycles. The summed E-state index contributed by atoms with van der Waals surface area (Å²) in [6.45, 7) is 6.80. The molecule has 39 heavy (non-hydrogen) atoms. The van der Waals surface area contributed by atoms with Crippen LogP contribution in [0.5, 0.6) is 0 Å². The first kappa shape index (κ1) is 25.1. The molecule has 2 saturated heterocycles. The van der Waals surface area contributed by atoms with Crippen molar-refractivity contribution in [2.24, 2.45) is 0 Å². The van der Waals surface area contributed by atoms with Crippen molar-refractivity contribution in [3.8, 4) is 11.1 Å². The van der Waals surface area contributed by atoms with Crippen molar-refractivity contribution < 1.29 is 14.7 Å². The molecule has 0 aliphatic carbocycles. The maximum atomic E-state index is 13.1. The molecule has 2 aliphatic rings. The van der Waals surface area contributed by atoms with E-state index in [0.29, 0.717) is 35.4 Å². The molecule has 4 N–H and O–H groups in total. The Morgan fingerprint density at radius 1 is 1.18 bits per heavy atom. The van der Waals surface area contributed by atoms with Crippen LogP contribution in [0, 0.1) is 6.92 Å². The second-order valence-corrected chi connectivity index (χ2v) is 11.2. The largest absolute Gasteiger partial charge is 0.384 e. The highest BCUT2D eigenvalue weighted by atomic mass is 16.3. The predicted molar refractivity (Wildman–Crippen MR) is 142 cm³/mol. The molecule has 0 saturated carbocycles. The number of H-pyrrole nitrogens is 1. The summed E-state index contributed by atoms with van der Waals surface area (Å²) in [5.41, 5.74) is 10.0. The van der Waals surface area contributed by atoms with Crippen molar-refractivity contribution in [3.05, 3.63) is 53.1 Å². The van der Waals surface area contributed by atoms with E-state index in [0.717, 1.165) is 29.5 Å². The molecule has 0 aromatic carbocycles. The first-order valence-electron chi connectivity index (χ1n) is 13.1. The van der Waals surface area contributed by atoms with Crippen LogP contribution in [0.25, 0.3) is 16.8 Å². The standard InChI is InChI=1S/C27H31N9O3/c1-13-7-16(10-29-22(13)27(3,4)39)19-11-32-36-23(28)20(14(2)37)21(33-25(19)36)15-8-17-5-6-18(9-15)35(17)26(38)24-30-12-31-34-24/h7,10-12,15,17-18,39H,5-6,8-9,28H2,1-4H3,(H,30,31,34)/t15?,17-,18?/m0/s1. The number of nitrogens with two attached hydrogens (primary N) is 1. The Kier molecular flexibility index (Phi) is 5.75. The van der Waals surface area contributed by atoms with Gasteiger partial charge in [0, 0.05) is 35.3 Å². The van der Waals surface area contributed by atoms with Gasteiger partial charge in [0.25, 0.3) is 5.91 Å². The fraction of sp³-hybridized carbons (Fsp3) is 0.444. The second kappa shape index (κ2) is 8.94. The Morgan fingerprint density at radius 2 is 1.90 bits per heavy atom. The number of fused-ring (bicyclic) bond motifs is 3. The van der Waals surface area contributed by atoms with E-state index in [1.807, 2.05) is 17.9 Å². The summed E-state index contributed by atoms with van der Waals surface area (Å²) in [4.78, 5) is 40.2. The second-order valence-electron chi connectivity index (χ2n) is 11.2. The highest BCUT2D eigenvalue weighted by Crippen LogP contribution is 2.45. The lowest BCUT2D eigenvalue weighted by atomic mass is 9.85. The number of hydrogen-bond donors (Lipinski definition) is 3. The van der Waals surface area contributed by atoms with Gasteiger partial charge in [0.15, 0.2) is 11.4 Å². The van der Waals surface area contributed by atoms with Gasteiger partial charge in [-0.05, 0) is 65.0 Å². The Labute approximate surface area is 224 Å². The molecule has 2 fully saturated rings. The lowest BCUT2D eigenvalue weighted by Gasteiger charge is -2.38. The third-order valence-electron chi connectivity index (χ3n) is 8.01. The number of pyridine rings is 1. The summed E-state index contributed by atoms with van der Waals surface area (Å²) in [5, 5.41) is 22.6. The number of anilines is 1. The number of nitrogens with one attached hydrogen (secondary N) is 1. The van der Waals surface area contributed by atoms with Crippen LogP contribution in [0.1, 0.15) is 90.3 Å². The van der Waals surface area contributed by atoms with Gasteiger partial charge in [-0.1, -0.05) is 0 Å². The number of carbonyl (C=O) groups excluding carboxylic acids is 2. The van der Waals surface area contributed by atoms with Crippen LogP contribution in [0.3, 0.4) is 0 Å². The topological polar surface area (TPSA) is 168 Å². The number of nitrogen functional groups attached to an aromatic ring is 1. The maximum Gasteiger partial charge on any atom is 0.292 e. The zero-order valence-corrected chi connectivity index (χ0v) is 22.3. The number of Topliss-reactive ketones (excluding diaryl/α,β-unsaturated/α-hetero) is 1. The van der Waals surface area contributed by atoms with Gasteiger partial charge in [-0.3, -0.25) is 14.6 Å². The molecule has 2 bridgehead atoms. The number of amides is 1. The Hall–Kier alpha value is -4.19. The van der Waals surface area contributed by atoms with Gasteiger partial charge in [-0.25, -0.2) is 4.98 Å². The quantitative estimate of drug-likeness (QED) is 0.329. The van der Waals surface area contributed by atoms with E-state index in [4.69, 9.17) is 10.7 Å². The van der Waals surface area contributed by atoms with Gasteiger partial charge in [0.1, 0.15) is 17.7 Å². The van der Waals surface area contributed by atoms with Gasteiger partial charge in [-0.2, -0.15) is 9.61 Å². The number of piperidine rings is 1. The van der Waals surface area contributed by atoms with Gasteiger partial charge < -0.3 is 20.7 Å². The van der Waals surface area contributed by atoms with E-state index in [-0.39, 0.29) is 41.3 Å². The van der Waals surface area contributed by atoms with E-state index >= 15 is 0 Å². The molecule has 0 spiro atoms. The molecule has 4 aromatic rings. The zero-order valence-electron chi connectivity index (χ0n) is 22.3. The number of aromatic nitrogens is 7. The van der Waals surface area contributed by atoms with Crippen molar-refractivity contribution in [1.82, 2.24) is 39.7 Å². The highest BCUT2D eigenvalue weighted by molar-refractivity contribution is 6.00. The Morgan fingerprint density at radius 3 is 2.49 bits per heavy atom. The normalized spacial score (nSPS) is 21.1. The zero-order chi connectivity index (χ0) is 27.6. The Bertz CT molecular complexity index is 1590. The van der Waals surface area contributed by atoms with Crippen LogP contribution in [0.15, 0.2) is 24.8 Å². The van der Waals surface area contributed by atoms with Crippen LogP contribution in [-0.4, -0.2) is 68.5 Å². The molecule has 4 aromatic heterocycles. The molecule has 202 valence electrons. The Balaban J connectivity index is 1.41. The smallest absolute Gasteiger partial charge is 0.292 e. The summed E-state index contributed by atoms with van der Waals surface area (Å²) < 4.78 is 1.51. The molecule has 0 radical (unpaired) electrons. The predicted octanol–water partition coefficient (Wildman–Crippen LogP) is 2.78. The summed E-state index contributed by atoms with van der Waals surface area (Å²) in [6.07, 6.45) is 7.88. The summed E-state index contributed by atoms with van der Waals surface area (Å²) in [5.74, 6) is 0.116. The van der Waals surface area contributed by atoms with E-state index in [1.165, 1.54) is 17.8 Å². The van der Waals surface area contributed by atoms with Crippen LogP contribution in [0.2, 0.25) is 0 Å². The maximum absolute atomic E-state index is 13.1. The number of aromatic amines is 1. The van der Waals surface area contributed by atoms with Crippen LogP contribution >= 0.6 is 0 Å². The number of nitrogens with zero attached hydrogens (tertiary/aromatic N) is 7. The third kappa shape index (κ3) is 4.06. The van der Waals surface area contributed by atoms with E-state index in [1.54, 1.807) is 26.2 Å². The van der Waals surface area contributed by atoms with Gasteiger partial charge >= 0.3 is 0 Å². The van der Waals surface area contributed by atoms with Crippen molar-refractivity contribution in [1.29, 1.82) is 0 Å². The summed E-state index contributed by atoms with van der Waals surface area (Å²) in [6, 6.07) is 1.97. The first-order chi connectivity index (χ1) is 18.5. The number of rotatable bonds is 5.